The molecule has 2 aromatic rings. The number of nitrogens with one attached hydrogen (secondary N) is 1. The highest BCUT2D eigenvalue weighted by atomic mass is 32.2. The third kappa shape index (κ3) is 3.61. The van der Waals surface area contributed by atoms with E-state index in [0.717, 1.165) is 27.6 Å². The lowest BCUT2D eigenvalue weighted by molar-refractivity contribution is -0.141. The van der Waals surface area contributed by atoms with Crippen molar-refractivity contribution in [2.75, 3.05) is 6.54 Å². The maximum atomic E-state index is 12.7. The first-order valence-corrected chi connectivity index (χ1v) is 8.18. The van der Waals surface area contributed by atoms with Crippen LogP contribution in [0.25, 0.3) is 10.6 Å². The Morgan fingerprint density at radius 2 is 2.19 bits per heavy atom. The lowest BCUT2D eigenvalue weighted by Gasteiger charge is -1.99. The molecule has 0 atom stereocenters. The summed E-state index contributed by atoms with van der Waals surface area (Å²) < 4.78 is 43.6. The van der Waals surface area contributed by atoms with Gasteiger partial charge in [0.2, 0.25) is 0 Å². The van der Waals surface area contributed by atoms with E-state index in [9.17, 15) is 13.2 Å². The largest absolute Gasteiger partial charge is 0.435 e. The predicted molar refractivity (Wildman–Crippen MR) is 78.1 cm³/mol. The summed E-state index contributed by atoms with van der Waals surface area (Å²) in [5.74, 6) is 0.795. The third-order valence-corrected chi connectivity index (χ3v) is 5.30. The molecule has 3 nitrogen and oxygen atoms in total. The van der Waals surface area contributed by atoms with E-state index in [1.54, 1.807) is 0 Å². The van der Waals surface area contributed by atoms with Crippen molar-refractivity contribution >= 4 is 23.3 Å². The minimum atomic E-state index is -4.41. The van der Waals surface area contributed by atoms with E-state index in [1.807, 2.05) is 12.1 Å². The van der Waals surface area contributed by atoms with Crippen molar-refractivity contribution in [1.29, 1.82) is 0 Å². The number of thiophene rings is 1. The van der Waals surface area contributed by atoms with Gasteiger partial charge in [-0.15, -0.1) is 11.3 Å². The van der Waals surface area contributed by atoms with Crippen molar-refractivity contribution in [1.82, 2.24) is 14.5 Å². The van der Waals surface area contributed by atoms with Gasteiger partial charge in [0, 0.05) is 13.6 Å². The summed E-state index contributed by atoms with van der Waals surface area (Å²) in [6.07, 6.45) is -1.83. The molecule has 0 unspecified atom stereocenters. The summed E-state index contributed by atoms with van der Waals surface area (Å²) in [6.45, 7) is 0.988. The molecule has 0 spiro atoms. The monoisotopic (exact) mass is 333 g/mol. The van der Waals surface area contributed by atoms with Gasteiger partial charge in [0.1, 0.15) is 0 Å². The van der Waals surface area contributed by atoms with Crippen LogP contribution in [0, 0.1) is 5.92 Å². The predicted octanol–water partition coefficient (Wildman–Crippen LogP) is 4.17. The molecule has 1 fully saturated rings. The molecule has 2 heterocycles. The van der Waals surface area contributed by atoms with Crippen LogP contribution in [-0.2, 0) is 13.2 Å². The highest BCUT2D eigenvalue weighted by molar-refractivity contribution is 7.99. The second-order valence-electron chi connectivity index (χ2n) is 5.05. The fraction of sp³-hybridized carbons (Fsp3) is 0.462. The van der Waals surface area contributed by atoms with Gasteiger partial charge in [-0.05, 0) is 48.9 Å². The van der Waals surface area contributed by atoms with Crippen molar-refractivity contribution in [3.8, 4) is 10.6 Å². The SMILES string of the molecule is Cn1nc(C(F)(F)F)cc1-c1ccc(SNCC2CC2)s1. The molecule has 8 heteroatoms. The fourth-order valence-corrected chi connectivity index (χ4v) is 3.90. The van der Waals surface area contributed by atoms with Gasteiger partial charge in [-0.1, -0.05) is 0 Å². The molecule has 0 aromatic carbocycles. The van der Waals surface area contributed by atoms with E-state index in [4.69, 9.17) is 0 Å². The normalized spacial score (nSPS) is 15.6. The van der Waals surface area contributed by atoms with Gasteiger partial charge < -0.3 is 0 Å². The van der Waals surface area contributed by atoms with Crippen LogP contribution in [0.5, 0.6) is 0 Å². The molecule has 0 amide bonds. The quantitative estimate of drug-likeness (QED) is 0.833. The van der Waals surface area contributed by atoms with Gasteiger partial charge in [0.15, 0.2) is 5.69 Å². The van der Waals surface area contributed by atoms with Crippen molar-refractivity contribution in [3.05, 3.63) is 23.9 Å². The van der Waals surface area contributed by atoms with Crippen LogP contribution in [0.1, 0.15) is 18.5 Å². The standard InChI is InChI=1S/C13H14F3N3S2/c1-19-9(6-11(18-19)13(14,15)16)10-4-5-12(20-10)21-17-7-8-2-3-8/h4-6,8,17H,2-3,7H2,1H3. The average Bonchev–Trinajstić information content (AvgIpc) is 2.94. The Kier molecular flexibility index (Phi) is 4.02. The molecule has 21 heavy (non-hydrogen) atoms. The van der Waals surface area contributed by atoms with Crippen LogP contribution in [0.4, 0.5) is 13.2 Å². The Hall–Kier alpha value is -0.990. The molecule has 0 bridgehead atoms. The van der Waals surface area contributed by atoms with E-state index in [0.29, 0.717) is 5.69 Å². The minimum Gasteiger partial charge on any atom is -0.267 e. The first-order chi connectivity index (χ1) is 9.93. The second kappa shape index (κ2) is 5.66. The molecule has 1 saturated carbocycles. The lowest BCUT2D eigenvalue weighted by Crippen LogP contribution is -2.06. The van der Waals surface area contributed by atoms with Crippen molar-refractivity contribution in [3.63, 3.8) is 0 Å². The van der Waals surface area contributed by atoms with Crippen LogP contribution in [0.2, 0.25) is 0 Å². The Labute approximate surface area is 128 Å². The number of rotatable bonds is 5. The molecule has 1 aliphatic rings. The zero-order valence-corrected chi connectivity index (χ0v) is 12.9. The highest BCUT2D eigenvalue weighted by Crippen LogP contribution is 2.36. The Morgan fingerprint density at radius 1 is 1.43 bits per heavy atom. The summed E-state index contributed by atoms with van der Waals surface area (Å²) in [4.78, 5) is 0.788. The molecule has 3 rings (SSSR count). The zero-order chi connectivity index (χ0) is 15.0. The molecule has 114 valence electrons. The van der Waals surface area contributed by atoms with Gasteiger partial charge in [-0.25, -0.2) is 0 Å². The lowest BCUT2D eigenvalue weighted by atomic mass is 10.3. The number of aromatic nitrogens is 2. The summed E-state index contributed by atoms with van der Waals surface area (Å²) in [5, 5.41) is 3.54. The first-order valence-electron chi connectivity index (χ1n) is 6.54. The maximum absolute atomic E-state index is 12.7. The third-order valence-electron chi connectivity index (χ3n) is 3.25. The number of hydrogen-bond donors (Lipinski definition) is 1. The first kappa shape index (κ1) is 14.9. The Bertz CT molecular complexity index is 629. The van der Waals surface area contributed by atoms with Crippen LogP contribution < -0.4 is 4.72 Å². The molecular formula is C13H14F3N3S2. The summed E-state index contributed by atoms with van der Waals surface area (Å²) in [7, 11) is 1.53. The van der Waals surface area contributed by atoms with E-state index in [1.165, 1.54) is 47.9 Å². The number of alkyl halides is 3. The highest BCUT2D eigenvalue weighted by Gasteiger charge is 2.34. The average molecular weight is 333 g/mol. The number of halogens is 3. The molecule has 1 aliphatic carbocycles. The smallest absolute Gasteiger partial charge is 0.267 e. The van der Waals surface area contributed by atoms with Crippen LogP contribution >= 0.6 is 23.3 Å². The molecule has 0 radical (unpaired) electrons. The zero-order valence-electron chi connectivity index (χ0n) is 11.3. The fourth-order valence-electron chi connectivity index (χ4n) is 1.90. The maximum Gasteiger partial charge on any atom is 0.435 e. The van der Waals surface area contributed by atoms with E-state index in [-0.39, 0.29) is 0 Å². The Morgan fingerprint density at radius 3 is 2.81 bits per heavy atom. The second-order valence-corrected chi connectivity index (χ2v) is 7.32. The van der Waals surface area contributed by atoms with Gasteiger partial charge in [0.25, 0.3) is 0 Å². The summed E-state index contributed by atoms with van der Waals surface area (Å²) >= 11 is 3.01. The topological polar surface area (TPSA) is 29.9 Å². The van der Waals surface area contributed by atoms with Crippen molar-refractivity contribution in [2.45, 2.75) is 23.2 Å². The van der Waals surface area contributed by atoms with Crippen molar-refractivity contribution < 1.29 is 13.2 Å². The molecular weight excluding hydrogens is 319 g/mol. The van der Waals surface area contributed by atoms with E-state index < -0.39 is 11.9 Å². The molecule has 2 aromatic heterocycles. The minimum absolute atomic E-state index is 0.487. The van der Waals surface area contributed by atoms with Crippen molar-refractivity contribution in [2.24, 2.45) is 13.0 Å². The Balaban J connectivity index is 1.71. The summed E-state index contributed by atoms with van der Waals surface area (Å²) in [5.41, 5.74) is -0.365. The van der Waals surface area contributed by atoms with Gasteiger partial charge in [-0.2, -0.15) is 18.3 Å². The van der Waals surface area contributed by atoms with Crippen LogP contribution in [0.3, 0.4) is 0 Å². The van der Waals surface area contributed by atoms with Crippen LogP contribution in [0.15, 0.2) is 22.4 Å². The van der Waals surface area contributed by atoms with Gasteiger partial charge in [0.05, 0.1) is 14.8 Å². The molecule has 0 saturated heterocycles. The van der Waals surface area contributed by atoms with Crippen LogP contribution in [-0.4, -0.2) is 16.3 Å². The molecule has 0 aliphatic heterocycles. The number of hydrogen-bond acceptors (Lipinski definition) is 4. The van der Waals surface area contributed by atoms with E-state index >= 15 is 0 Å². The van der Waals surface area contributed by atoms with Gasteiger partial charge >= 0.3 is 6.18 Å². The van der Waals surface area contributed by atoms with Gasteiger partial charge in [-0.3, -0.25) is 9.40 Å². The number of nitrogens with zero attached hydrogens (tertiary/aromatic N) is 2. The molecule has 1 N–H and O–H groups in total. The summed E-state index contributed by atoms with van der Waals surface area (Å²) in [6, 6.07) is 4.85. The number of aryl methyl sites for hydroxylation is 1. The van der Waals surface area contributed by atoms with E-state index in [2.05, 4.69) is 9.82 Å².